The normalized spacial score (nSPS) is 14.2. The Morgan fingerprint density at radius 3 is 2.45 bits per heavy atom. The van der Waals surface area contributed by atoms with E-state index in [9.17, 15) is 0 Å². The molecule has 0 amide bonds. The third-order valence-electron chi connectivity index (χ3n) is 3.53. The first kappa shape index (κ1) is 17.6. The summed E-state index contributed by atoms with van der Waals surface area (Å²) in [7, 11) is 3.50. The summed E-state index contributed by atoms with van der Waals surface area (Å²) in [6.07, 6.45) is 1.07. The largest absolute Gasteiger partial charge is 0.384 e. The maximum absolute atomic E-state index is 5.31. The highest BCUT2D eigenvalue weighted by Crippen LogP contribution is 2.19. The van der Waals surface area contributed by atoms with Crippen LogP contribution in [0.15, 0.2) is 28.7 Å². The lowest BCUT2D eigenvalue weighted by atomic mass is 9.88. The maximum atomic E-state index is 5.31. The average Bonchev–Trinajstić information content (AvgIpc) is 2.44. The standard InChI is InChI=1S/C16H26BrNO2/c1-13(12-20-3)15(11-18-8-9-19-2)10-14-4-6-16(17)7-5-14/h4-7,13,15,18H,8-12H2,1-3H3. The number of methoxy groups -OCH3 is 2. The number of rotatable bonds is 10. The summed E-state index contributed by atoms with van der Waals surface area (Å²) in [6, 6.07) is 8.58. The Labute approximate surface area is 131 Å². The zero-order valence-corrected chi connectivity index (χ0v) is 14.3. The molecule has 0 bridgehead atoms. The van der Waals surface area contributed by atoms with E-state index in [1.807, 2.05) is 0 Å². The van der Waals surface area contributed by atoms with Gasteiger partial charge in [0.1, 0.15) is 0 Å². The monoisotopic (exact) mass is 343 g/mol. The van der Waals surface area contributed by atoms with E-state index in [4.69, 9.17) is 9.47 Å². The Balaban J connectivity index is 2.54. The van der Waals surface area contributed by atoms with Crippen LogP contribution in [0.5, 0.6) is 0 Å². The van der Waals surface area contributed by atoms with Gasteiger partial charge in [-0.3, -0.25) is 0 Å². The molecule has 1 aromatic carbocycles. The summed E-state index contributed by atoms with van der Waals surface area (Å²) in [5, 5.41) is 3.47. The van der Waals surface area contributed by atoms with Gasteiger partial charge in [-0.05, 0) is 42.5 Å². The lowest BCUT2D eigenvalue weighted by Gasteiger charge is -2.24. The topological polar surface area (TPSA) is 30.5 Å². The summed E-state index contributed by atoms with van der Waals surface area (Å²) >= 11 is 3.48. The van der Waals surface area contributed by atoms with Crippen molar-refractivity contribution in [2.75, 3.05) is 40.5 Å². The van der Waals surface area contributed by atoms with Crippen molar-refractivity contribution in [3.05, 3.63) is 34.3 Å². The summed E-state index contributed by atoms with van der Waals surface area (Å²) in [4.78, 5) is 0. The molecular formula is C16H26BrNO2. The molecule has 1 N–H and O–H groups in total. The number of hydrogen-bond donors (Lipinski definition) is 1. The molecular weight excluding hydrogens is 318 g/mol. The van der Waals surface area contributed by atoms with Gasteiger partial charge in [0.25, 0.3) is 0 Å². The third-order valence-corrected chi connectivity index (χ3v) is 4.06. The van der Waals surface area contributed by atoms with Crippen LogP contribution < -0.4 is 5.32 Å². The average molecular weight is 344 g/mol. The lowest BCUT2D eigenvalue weighted by molar-refractivity contribution is 0.126. The van der Waals surface area contributed by atoms with Crippen molar-refractivity contribution in [1.82, 2.24) is 5.32 Å². The van der Waals surface area contributed by atoms with E-state index in [0.717, 1.165) is 37.2 Å². The van der Waals surface area contributed by atoms with Crippen LogP contribution in [0, 0.1) is 11.8 Å². The molecule has 0 fully saturated rings. The highest BCUT2D eigenvalue weighted by Gasteiger charge is 2.17. The van der Waals surface area contributed by atoms with E-state index in [0.29, 0.717) is 11.8 Å². The van der Waals surface area contributed by atoms with Gasteiger partial charge in [0.2, 0.25) is 0 Å². The number of halogens is 1. The first-order chi connectivity index (χ1) is 9.67. The van der Waals surface area contributed by atoms with Crippen LogP contribution >= 0.6 is 15.9 Å². The van der Waals surface area contributed by atoms with Gasteiger partial charge >= 0.3 is 0 Å². The van der Waals surface area contributed by atoms with Crippen LogP contribution in [0.4, 0.5) is 0 Å². The van der Waals surface area contributed by atoms with Crippen LogP contribution in [0.2, 0.25) is 0 Å². The number of benzene rings is 1. The summed E-state index contributed by atoms with van der Waals surface area (Å²) in [5.41, 5.74) is 1.37. The van der Waals surface area contributed by atoms with Crippen molar-refractivity contribution in [2.45, 2.75) is 13.3 Å². The van der Waals surface area contributed by atoms with E-state index < -0.39 is 0 Å². The number of nitrogens with one attached hydrogen (secondary N) is 1. The third kappa shape index (κ3) is 6.84. The van der Waals surface area contributed by atoms with Crippen molar-refractivity contribution >= 4 is 15.9 Å². The van der Waals surface area contributed by atoms with Crippen LogP contribution in [-0.2, 0) is 15.9 Å². The number of hydrogen-bond acceptors (Lipinski definition) is 3. The molecule has 20 heavy (non-hydrogen) atoms. The van der Waals surface area contributed by atoms with Gasteiger partial charge in [-0.1, -0.05) is 35.0 Å². The van der Waals surface area contributed by atoms with E-state index in [1.165, 1.54) is 5.56 Å². The van der Waals surface area contributed by atoms with Crippen molar-refractivity contribution in [2.24, 2.45) is 11.8 Å². The van der Waals surface area contributed by atoms with Crippen molar-refractivity contribution in [3.63, 3.8) is 0 Å². The molecule has 0 saturated heterocycles. The highest BCUT2D eigenvalue weighted by molar-refractivity contribution is 9.10. The SMILES string of the molecule is COCCNCC(Cc1ccc(Br)cc1)C(C)COC. The zero-order valence-electron chi connectivity index (χ0n) is 12.7. The molecule has 0 aliphatic carbocycles. The number of ether oxygens (including phenoxy) is 2. The molecule has 0 radical (unpaired) electrons. The predicted molar refractivity (Wildman–Crippen MR) is 87.1 cm³/mol. The molecule has 0 aromatic heterocycles. The molecule has 0 saturated carbocycles. The Morgan fingerprint density at radius 1 is 1.15 bits per heavy atom. The van der Waals surface area contributed by atoms with E-state index in [1.54, 1.807) is 14.2 Å². The van der Waals surface area contributed by atoms with Gasteiger partial charge in [-0.25, -0.2) is 0 Å². The van der Waals surface area contributed by atoms with Crippen molar-refractivity contribution in [1.29, 1.82) is 0 Å². The molecule has 114 valence electrons. The minimum atomic E-state index is 0.527. The van der Waals surface area contributed by atoms with Gasteiger partial charge in [0, 0.05) is 31.8 Å². The van der Waals surface area contributed by atoms with Crippen molar-refractivity contribution < 1.29 is 9.47 Å². The summed E-state index contributed by atoms with van der Waals surface area (Å²) < 4.78 is 11.5. The lowest BCUT2D eigenvalue weighted by Crippen LogP contribution is -2.32. The van der Waals surface area contributed by atoms with Gasteiger partial charge in [0.05, 0.1) is 6.61 Å². The van der Waals surface area contributed by atoms with Gasteiger partial charge < -0.3 is 14.8 Å². The molecule has 1 aromatic rings. The second kappa shape index (κ2) is 10.3. The smallest absolute Gasteiger partial charge is 0.0587 e. The maximum Gasteiger partial charge on any atom is 0.0587 e. The minimum absolute atomic E-state index is 0.527. The molecule has 4 heteroatoms. The summed E-state index contributed by atoms with van der Waals surface area (Å²) in [6.45, 7) is 5.69. The second-order valence-corrected chi connectivity index (χ2v) is 6.14. The first-order valence-electron chi connectivity index (χ1n) is 7.10. The van der Waals surface area contributed by atoms with E-state index >= 15 is 0 Å². The van der Waals surface area contributed by atoms with Crippen molar-refractivity contribution in [3.8, 4) is 0 Å². The second-order valence-electron chi connectivity index (χ2n) is 5.22. The summed E-state index contributed by atoms with van der Waals surface area (Å²) in [5.74, 6) is 1.09. The van der Waals surface area contributed by atoms with E-state index in [2.05, 4.69) is 52.4 Å². The van der Waals surface area contributed by atoms with Crippen LogP contribution in [0.1, 0.15) is 12.5 Å². The molecule has 2 atom stereocenters. The first-order valence-corrected chi connectivity index (χ1v) is 7.89. The molecule has 0 spiro atoms. The Bertz CT molecular complexity index is 356. The Morgan fingerprint density at radius 2 is 1.85 bits per heavy atom. The molecule has 2 unspecified atom stereocenters. The van der Waals surface area contributed by atoms with Crippen LogP contribution in [0.25, 0.3) is 0 Å². The molecule has 1 rings (SSSR count). The molecule has 0 heterocycles. The van der Waals surface area contributed by atoms with Crippen LogP contribution in [0.3, 0.4) is 0 Å². The molecule has 3 nitrogen and oxygen atoms in total. The molecule has 0 aliphatic heterocycles. The fourth-order valence-electron chi connectivity index (χ4n) is 2.26. The fraction of sp³-hybridized carbons (Fsp3) is 0.625. The minimum Gasteiger partial charge on any atom is -0.384 e. The molecule has 0 aliphatic rings. The predicted octanol–water partition coefficient (Wildman–Crippen LogP) is 3.13. The Hall–Kier alpha value is -0.420. The quantitative estimate of drug-likeness (QED) is 0.662. The van der Waals surface area contributed by atoms with Crippen LogP contribution in [-0.4, -0.2) is 40.5 Å². The van der Waals surface area contributed by atoms with Gasteiger partial charge in [0.15, 0.2) is 0 Å². The van der Waals surface area contributed by atoms with E-state index in [-0.39, 0.29) is 0 Å². The van der Waals surface area contributed by atoms with Gasteiger partial charge in [-0.15, -0.1) is 0 Å². The fourth-order valence-corrected chi connectivity index (χ4v) is 2.52. The zero-order chi connectivity index (χ0) is 14.8. The Kier molecular flexibility index (Phi) is 9.10. The van der Waals surface area contributed by atoms with Gasteiger partial charge in [-0.2, -0.15) is 0 Å². The highest BCUT2D eigenvalue weighted by atomic mass is 79.9.